The second-order valence-electron chi connectivity index (χ2n) is 4.96. The van der Waals surface area contributed by atoms with Gasteiger partial charge in [-0.3, -0.25) is 4.79 Å². The molecular formula is C11H22N2O. The van der Waals surface area contributed by atoms with Gasteiger partial charge in [-0.1, -0.05) is 20.8 Å². The number of rotatable bonds is 4. The normalized spacial score (nSPS) is 27.6. The highest BCUT2D eigenvalue weighted by molar-refractivity contribution is 5.81. The highest BCUT2D eigenvalue weighted by atomic mass is 16.2. The third-order valence-corrected chi connectivity index (χ3v) is 3.16. The predicted molar refractivity (Wildman–Crippen MR) is 57.7 cm³/mol. The minimum Gasteiger partial charge on any atom is -0.344 e. The Bertz CT molecular complexity index is 215. The third kappa shape index (κ3) is 2.71. The van der Waals surface area contributed by atoms with Gasteiger partial charge >= 0.3 is 0 Å². The summed E-state index contributed by atoms with van der Waals surface area (Å²) in [6.07, 6.45) is 1.26. The van der Waals surface area contributed by atoms with Crippen molar-refractivity contribution in [1.82, 2.24) is 4.90 Å². The van der Waals surface area contributed by atoms with Gasteiger partial charge in [0.25, 0.3) is 0 Å². The smallest absolute Gasteiger partial charge is 0.239 e. The molecule has 1 aliphatic carbocycles. The lowest BCUT2D eigenvalue weighted by atomic mass is 10.0. The van der Waals surface area contributed by atoms with Crippen LogP contribution in [-0.4, -0.2) is 30.4 Å². The monoisotopic (exact) mass is 198 g/mol. The zero-order chi connectivity index (χ0) is 10.9. The number of hydrogen-bond acceptors (Lipinski definition) is 2. The number of nitrogens with zero attached hydrogens (tertiary/aromatic N) is 1. The fourth-order valence-electron chi connectivity index (χ4n) is 1.63. The molecule has 0 aromatic heterocycles. The second-order valence-corrected chi connectivity index (χ2v) is 4.96. The van der Waals surface area contributed by atoms with Crippen molar-refractivity contribution in [3.8, 4) is 0 Å². The quantitative estimate of drug-likeness (QED) is 0.735. The highest BCUT2D eigenvalue weighted by Crippen LogP contribution is 2.38. The predicted octanol–water partition coefficient (Wildman–Crippen LogP) is 1.08. The molecule has 0 spiro atoms. The van der Waals surface area contributed by atoms with Gasteiger partial charge in [-0.2, -0.15) is 0 Å². The van der Waals surface area contributed by atoms with Crippen molar-refractivity contribution in [3.63, 3.8) is 0 Å². The molecule has 3 heteroatoms. The van der Waals surface area contributed by atoms with Gasteiger partial charge in [-0.05, 0) is 24.2 Å². The van der Waals surface area contributed by atoms with Crippen LogP contribution in [0.15, 0.2) is 0 Å². The summed E-state index contributed by atoms with van der Waals surface area (Å²) in [7, 11) is 1.86. The number of carbonyl (C=O) groups excluding carboxylic acids is 1. The molecule has 1 aliphatic rings. The Hall–Kier alpha value is -0.570. The maximum absolute atomic E-state index is 11.8. The molecule has 0 aromatic rings. The van der Waals surface area contributed by atoms with Gasteiger partial charge < -0.3 is 10.6 Å². The van der Waals surface area contributed by atoms with Gasteiger partial charge in [-0.25, -0.2) is 0 Å². The maximum Gasteiger partial charge on any atom is 0.239 e. The summed E-state index contributed by atoms with van der Waals surface area (Å²) < 4.78 is 0. The minimum absolute atomic E-state index is 0.0825. The number of carbonyl (C=O) groups is 1. The standard InChI is InChI=1S/C11H22N2O/c1-7(2)10(12)11(14)13(4)6-9-5-8(9)3/h7-10H,5-6,12H2,1-4H3/t8?,9?,10-/m1/s1. The molecule has 0 radical (unpaired) electrons. The lowest BCUT2D eigenvalue weighted by Crippen LogP contribution is -2.45. The molecule has 1 amide bonds. The summed E-state index contributed by atoms with van der Waals surface area (Å²) in [5.74, 6) is 1.81. The van der Waals surface area contributed by atoms with Crippen LogP contribution in [-0.2, 0) is 4.79 Å². The van der Waals surface area contributed by atoms with Gasteiger partial charge in [0, 0.05) is 13.6 Å². The average Bonchev–Trinajstić information content (AvgIpc) is 2.78. The van der Waals surface area contributed by atoms with E-state index in [9.17, 15) is 4.79 Å². The minimum atomic E-state index is -0.339. The molecule has 1 rings (SSSR count). The topological polar surface area (TPSA) is 46.3 Å². The molecule has 0 heterocycles. The van der Waals surface area contributed by atoms with E-state index in [2.05, 4.69) is 6.92 Å². The Kier molecular flexibility index (Phi) is 3.53. The van der Waals surface area contributed by atoms with Crippen LogP contribution < -0.4 is 5.73 Å². The van der Waals surface area contributed by atoms with Crippen LogP contribution in [0.4, 0.5) is 0 Å². The van der Waals surface area contributed by atoms with Crippen LogP contribution in [0.25, 0.3) is 0 Å². The third-order valence-electron chi connectivity index (χ3n) is 3.16. The Labute approximate surface area is 86.6 Å². The molecule has 3 nitrogen and oxygen atoms in total. The SMILES string of the molecule is CC1CC1CN(C)C(=O)[C@H](N)C(C)C. The lowest BCUT2D eigenvalue weighted by Gasteiger charge is -2.23. The van der Waals surface area contributed by atoms with Crippen LogP contribution in [0.1, 0.15) is 27.2 Å². The first-order valence-corrected chi connectivity index (χ1v) is 5.44. The van der Waals surface area contributed by atoms with Crippen LogP contribution in [0.3, 0.4) is 0 Å². The van der Waals surface area contributed by atoms with Gasteiger partial charge in [0.05, 0.1) is 6.04 Å². The van der Waals surface area contributed by atoms with Gasteiger partial charge in [0.1, 0.15) is 0 Å². The fourth-order valence-corrected chi connectivity index (χ4v) is 1.63. The Balaban J connectivity index is 2.36. The number of hydrogen-bond donors (Lipinski definition) is 1. The largest absolute Gasteiger partial charge is 0.344 e. The summed E-state index contributed by atoms with van der Waals surface area (Å²) in [5.41, 5.74) is 5.80. The number of likely N-dealkylation sites (N-methyl/N-ethyl adjacent to an activating group) is 1. The van der Waals surface area contributed by atoms with Crippen LogP contribution in [0.5, 0.6) is 0 Å². The zero-order valence-electron chi connectivity index (χ0n) is 9.66. The summed E-state index contributed by atoms with van der Waals surface area (Å²) in [6, 6.07) is -0.339. The van der Waals surface area contributed by atoms with Crippen molar-refractivity contribution in [1.29, 1.82) is 0 Å². The molecule has 1 fully saturated rings. The highest BCUT2D eigenvalue weighted by Gasteiger charge is 2.35. The maximum atomic E-state index is 11.8. The van der Waals surface area contributed by atoms with E-state index in [0.29, 0.717) is 5.92 Å². The first-order valence-electron chi connectivity index (χ1n) is 5.44. The van der Waals surface area contributed by atoms with Crippen molar-refractivity contribution < 1.29 is 4.79 Å². The van der Waals surface area contributed by atoms with E-state index in [1.807, 2.05) is 20.9 Å². The molecule has 1 saturated carbocycles. The second kappa shape index (κ2) is 4.30. The Morgan fingerprint density at radius 2 is 2.07 bits per heavy atom. The molecule has 0 saturated heterocycles. The van der Waals surface area contributed by atoms with E-state index >= 15 is 0 Å². The van der Waals surface area contributed by atoms with E-state index in [-0.39, 0.29) is 17.9 Å². The van der Waals surface area contributed by atoms with Gasteiger partial charge in [0.2, 0.25) is 5.91 Å². The van der Waals surface area contributed by atoms with Crippen LogP contribution in [0.2, 0.25) is 0 Å². The lowest BCUT2D eigenvalue weighted by molar-refractivity contribution is -0.132. The van der Waals surface area contributed by atoms with Gasteiger partial charge in [0.15, 0.2) is 0 Å². The molecule has 0 aliphatic heterocycles. The molecule has 14 heavy (non-hydrogen) atoms. The summed E-state index contributed by atoms with van der Waals surface area (Å²) >= 11 is 0. The van der Waals surface area contributed by atoms with Crippen molar-refractivity contribution in [3.05, 3.63) is 0 Å². The molecule has 2 unspecified atom stereocenters. The number of amides is 1. The van der Waals surface area contributed by atoms with E-state index < -0.39 is 0 Å². The molecular weight excluding hydrogens is 176 g/mol. The van der Waals surface area contributed by atoms with Gasteiger partial charge in [-0.15, -0.1) is 0 Å². The summed E-state index contributed by atoms with van der Waals surface area (Å²) in [4.78, 5) is 13.5. The first kappa shape index (κ1) is 11.5. The summed E-state index contributed by atoms with van der Waals surface area (Å²) in [5, 5.41) is 0. The Morgan fingerprint density at radius 3 is 2.43 bits per heavy atom. The van der Waals surface area contributed by atoms with Crippen molar-refractivity contribution >= 4 is 5.91 Å². The van der Waals surface area contributed by atoms with E-state index in [1.54, 1.807) is 4.90 Å². The average molecular weight is 198 g/mol. The molecule has 82 valence electrons. The van der Waals surface area contributed by atoms with E-state index in [1.165, 1.54) is 6.42 Å². The van der Waals surface area contributed by atoms with Crippen LogP contribution in [0, 0.1) is 17.8 Å². The molecule has 0 bridgehead atoms. The fraction of sp³-hybridized carbons (Fsp3) is 0.909. The molecule has 3 atom stereocenters. The molecule has 0 aromatic carbocycles. The van der Waals surface area contributed by atoms with Crippen molar-refractivity contribution in [2.24, 2.45) is 23.5 Å². The Morgan fingerprint density at radius 1 is 1.57 bits per heavy atom. The molecule has 2 N–H and O–H groups in total. The first-order chi connectivity index (χ1) is 6.43. The summed E-state index contributed by atoms with van der Waals surface area (Å²) in [6.45, 7) is 7.07. The van der Waals surface area contributed by atoms with E-state index in [0.717, 1.165) is 12.5 Å². The van der Waals surface area contributed by atoms with Crippen molar-refractivity contribution in [2.75, 3.05) is 13.6 Å². The van der Waals surface area contributed by atoms with E-state index in [4.69, 9.17) is 5.73 Å². The van der Waals surface area contributed by atoms with Crippen molar-refractivity contribution in [2.45, 2.75) is 33.2 Å². The van der Waals surface area contributed by atoms with Crippen LogP contribution >= 0.6 is 0 Å². The zero-order valence-corrected chi connectivity index (χ0v) is 9.66. The number of nitrogens with two attached hydrogens (primary N) is 1.